The molecule has 0 bridgehead atoms. The Hall–Kier alpha value is -2.17. The highest BCUT2D eigenvalue weighted by Gasteiger charge is 2.21. The molecule has 1 fully saturated rings. The minimum absolute atomic E-state index is 0.251. The summed E-state index contributed by atoms with van der Waals surface area (Å²) >= 11 is 0. The molecule has 0 atom stereocenters. The van der Waals surface area contributed by atoms with Crippen molar-refractivity contribution < 1.29 is 14.4 Å². The van der Waals surface area contributed by atoms with Crippen molar-refractivity contribution in [2.24, 2.45) is 0 Å². The molecular formula is C15H16N2O3. The van der Waals surface area contributed by atoms with Crippen LogP contribution in [0.4, 0.5) is 0 Å². The molecule has 104 valence electrons. The van der Waals surface area contributed by atoms with Gasteiger partial charge in [-0.3, -0.25) is 0 Å². The van der Waals surface area contributed by atoms with Crippen molar-refractivity contribution in [1.29, 1.82) is 0 Å². The summed E-state index contributed by atoms with van der Waals surface area (Å²) in [6.45, 7) is 0. The van der Waals surface area contributed by atoms with Crippen molar-refractivity contribution in [2.45, 2.75) is 38.0 Å². The summed E-state index contributed by atoms with van der Waals surface area (Å²) < 4.78 is 5.30. The molecule has 20 heavy (non-hydrogen) atoms. The van der Waals surface area contributed by atoms with Gasteiger partial charge in [-0.25, -0.2) is 4.79 Å². The summed E-state index contributed by atoms with van der Waals surface area (Å²) in [5, 5.41) is 12.9. The van der Waals surface area contributed by atoms with E-state index < -0.39 is 5.97 Å². The first-order valence-electron chi connectivity index (χ1n) is 6.91. The lowest BCUT2D eigenvalue weighted by molar-refractivity contribution is 0.0697. The van der Waals surface area contributed by atoms with Gasteiger partial charge < -0.3 is 9.63 Å². The number of carboxylic acid groups (broad SMARTS) is 1. The third-order valence-electron chi connectivity index (χ3n) is 3.79. The smallest absolute Gasteiger partial charge is 0.335 e. The SMILES string of the molecule is O=C(O)c1ccc(-c2nc(C3CCCCC3)no2)cc1. The lowest BCUT2D eigenvalue weighted by Crippen LogP contribution is -2.06. The lowest BCUT2D eigenvalue weighted by Gasteiger charge is -2.17. The van der Waals surface area contributed by atoms with E-state index in [9.17, 15) is 4.79 Å². The number of carbonyl (C=O) groups is 1. The second-order valence-corrected chi connectivity index (χ2v) is 5.18. The Kier molecular flexibility index (Phi) is 3.50. The zero-order valence-electron chi connectivity index (χ0n) is 11.1. The normalized spacial score (nSPS) is 16.2. The molecule has 0 aliphatic heterocycles. The number of hydrogen-bond donors (Lipinski definition) is 1. The van der Waals surface area contributed by atoms with Crippen LogP contribution in [-0.4, -0.2) is 21.2 Å². The Morgan fingerprint density at radius 3 is 2.50 bits per heavy atom. The fourth-order valence-electron chi connectivity index (χ4n) is 2.63. The lowest BCUT2D eigenvalue weighted by atomic mass is 9.89. The number of nitrogens with zero attached hydrogens (tertiary/aromatic N) is 2. The Morgan fingerprint density at radius 1 is 1.15 bits per heavy atom. The molecule has 1 aromatic carbocycles. The average molecular weight is 272 g/mol. The summed E-state index contributed by atoms with van der Waals surface area (Å²) in [7, 11) is 0. The zero-order chi connectivity index (χ0) is 13.9. The van der Waals surface area contributed by atoms with Crippen molar-refractivity contribution in [3.8, 4) is 11.5 Å². The maximum absolute atomic E-state index is 10.8. The average Bonchev–Trinajstić information content (AvgIpc) is 2.98. The van der Waals surface area contributed by atoms with Gasteiger partial charge in [-0.2, -0.15) is 4.98 Å². The molecule has 5 nitrogen and oxygen atoms in total. The molecule has 0 radical (unpaired) electrons. The minimum Gasteiger partial charge on any atom is -0.478 e. The largest absolute Gasteiger partial charge is 0.478 e. The molecule has 5 heteroatoms. The molecule has 1 aliphatic carbocycles. The van der Waals surface area contributed by atoms with Gasteiger partial charge >= 0.3 is 5.97 Å². The molecule has 0 saturated heterocycles. The topological polar surface area (TPSA) is 76.2 Å². The fourth-order valence-corrected chi connectivity index (χ4v) is 2.63. The molecule has 0 unspecified atom stereocenters. The van der Waals surface area contributed by atoms with E-state index in [4.69, 9.17) is 9.63 Å². The van der Waals surface area contributed by atoms with Crippen LogP contribution in [0.15, 0.2) is 28.8 Å². The van der Waals surface area contributed by atoms with Crippen molar-refractivity contribution in [3.05, 3.63) is 35.7 Å². The molecule has 1 aromatic heterocycles. The monoisotopic (exact) mass is 272 g/mol. The molecule has 2 aromatic rings. The molecule has 1 N–H and O–H groups in total. The number of carboxylic acids is 1. The van der Waals surface area contributed by atoms with Crippen molar-refractivity contribution in [2.75, 3.05) is 0 Å². The van der Waals surface area contributed by atoms with Gasteiger partial charge in [0.05, 0.1) is 5.56 Å². The Labute approximate surface area is 116 Å². The number of benzene rings is 1. The Bertz CT molecular complexity index is 598. The van der Waals surface area contributed by atoms with Crippen LogP contribution in [0, 0.1) is 0 Å². The van der Waals surface area contributed by atoms with Gasteiger partial charge in [0.15, 0.2) is 5.82 Å². The zero-order valence-corrected chi connectivity index (χ0v) is 11.1. The van der Waals surface area contributed by atoms with Crippen molar-refractivity contribution >= 4 is 5.97 Å². The van der Waals surface area contributed by atoms with Gasteiger partial charge in [0.25, 0.3) is 5.89 Å². The molecule has 0 amide bonds. The van der Waals surface area contributed by atoms with Crippen LogP contribution in [0.25, 0.3) is 11.5 Å². The van der Waals surface area contributed by atoms with Crippen LogP contribution in [0.3, 0.4) is 0 Å². The van der Waals surface area contributed by atoms with E-state index in [1.54, 1.807) is 24.3 Å². The van der Waals surface area contributed by atoms with Gasteiger partial charge in [0.2, 0.25) is 0 Å². The quantitative estimate of drug-likeness (QED) is 0.925. The number of aromatic carboxylic acids is 1. The predicted octanol–water partition coefficient (Wildman–Crippen LogP) is 3.48. The summed E-state index contributed by atoms with van der Waals surface area (Å²) in [6, 6.07) is 6.48. The first-order chi connectivity index (χ1) is 9.74. The van der Waals surface area contributed by atoms with E-state index in [2.05, 4.69) is 10.1 Å². The van der Waals surface area contributed by atoms with Crippen LogP contribution in [0.2, 0.25) is 0 Å². The Balaban J connectivity index is 1.80. The number of hydrogen-bond acceptors (Lipinski definition) is 4. The summed E-state index contributed by atoms with van der Waals surface area (Å²) in [6.07, 6.45) is 5.98. The van der Waals surface area contributed by atoms with Crippen molar-refractivity contribution in [3.63, 3.8) is 0 Å². The van der Waals surface area contributed by atoms with Gasteiger partial charge in [0, 0.05) is 11.5 Å². The highest BCUT2D eigenvalue weighted by atomic mass is 16.5. The van der Waals surface area contributed by atoms with E-state index in [-0.39, 0.29) is 5.56 Å². The molecule has 3 rings (SSSR count). The molecular weight excluding hydrogens is 256 g/mol. The van der Waals surface area contributed by atoms with E-state index in [0.717, 1.165) is 24.2 Å². The molecule has 0 spiro atoms. The highest BCUT2D eigenvalue weighted by Crippen LogP contribution is 2.32. The van der Waals surface area contributed by atoms with E-state index in [0.29, 0.717) is 11.8 Å². The van der Waals surface area contributed by atoms with Gasteiger partial charge in [0.1, 0.15) is 0 Å². The summed E-state index contributed by atoms with van der Waals surface area (Å²) in [4.78, 5) is 15.3. The molecule has 1 heterocycles. The number of aromatic nitrogens is 2. The number of rotatable bonds is 3. The third-order valence-corrected chi connectivity index (χ3v) is 3.79. The summed E-state index contributed by atoms with van der Waals surface area (Å²) in [5.41, 5.74) is 1.00. The predicted molar refractivity (Wildman–Crippen MR) is 72.5 cm³/mol. The van der Waals surface area contributed by atoms with Crippen LogP contribution in [-0.2, 0) is 0 Å². The second kappa shape index (κ2) is 5.45. The minimum atomic E-state index is -0.940. The van der Waals surface area contributed by atoms with E-state index in [1.807, 2.05) is 0 Å². The first-order valence-corrected chi connectivity index (χ1v) is 6.91. The second-order valence-electron chi connectivity index (χ2n) is 5.18. The van der Waals surface area contributed by atoms with E-state index in [1.165, 1.54) is 19.3 Å². The van der Waals surface area contributed by atoms with Crippen LogP contribution >= 0.6 is 0 Å². The first kappa shape index (κ1) is 12.8. The fraction of sp³-hybridized carbons (Fsp3) is 0.400. The van der Waals surface area contributed by atoms with E-state index >= 15 is 0 Å². The molecule has 1 aliphatic rings. The van der Waals surface area contributed by atoms with Crippen LogP contribution < -0.4 is 0 Å². The van der Waals surface area contributed by atoms with Gasteiger partial charge in [-0.15, -0.1) is 0 Å². The van der Waals surface area contributed by atoms with Crippen LogP contribution in [0.1, 0.15) is 54.2 Å². The standard InChI is InChI=1S/C15H16N2O3/c18-15(19)12-8-6-11(7-9-12)14-16-13(17-20-14)10-4-2-1-3-5-10/h6-10H,1-5H2,(H,18,19). The van der Waals surface area contributed by atoms with Crippen molar-refractivity contribution in [1.82, 2.24) is 10.1 Å². The highest BCUT2D eigenvalue weighted by molar-refractivity contribution is 5.88. The van der Waals surface area contributed by atoms with Crippen LogP contribution in [0.5, 0.6) is 0 Å². The van der Waals surface area contributed by atoms with Gasteiger partial charge in [-0.1, -0.05) is 24.4 Å². The maximum Gasteiger partial charge on any atom is 0.335 e. The molecule has 1 saturated carbocycles. The van der Waals surface area contributed by atoms with Gasteiger partial charge in [-0.05, 0) is 37.1 Å². The third kappa shape index (κ3) is 2.57. The summed E-state index contributed by atoms with van der Waals surface area (Å²) in [5.74, 6) is 0.703. The maximum atomic E-state index is 10.8. The Morgan fingerprint density at radius 2 is 1.85 bits per heavy atom.